The Kier molecular flexibility index (Phi) is 6.83. The molecule has 0 aromatic carbocycles. The Morgan fingerprint density at radius 1 is 1.40 bits per heavy atom. The number of aromatic nitrogens is 2. The smallest absolute Gasteiger partial charge is 0.0946 e. The lowest BCUT2D eigenvalue weighted by Gasteiger charge is -2.28. The van der Waals surface area contributed by atoms with E-state index in [1.807, 2.05) is 17.6 Å². The van der Waals surface area contributed by atoms with E-state index in [4.69, 9.17) is 16.5 Å². The topological polar surface area (TPSA) is 81.7 Å². The summed E-state index contributed by atoms with van der Waals surface area (Å²) in [6, 6.07) is 2.08. The van der Waals surface area contributed by atoms with Gasteiger partial charge in [-0.1, -0.05) is 33.3 Å². The zero-order valence-electron chi connectivity index (χ0n) is 19.6. The van der Waals surface area contributed by atoms with Crippen LogP contribution in [0.2, 0.25) is 0 Å². The molecule has 5 nitrogen and oxygen atoms in total. The van der Waals surface area contributed by atoms with Crippen molar-refractivity contribution < 1.29 is 0 Å². The third-order valence-electron chi connectivity index (χ3n) is 7.44. The van der Waals surface area contributed by atoms with Crippen LogP contribution in [-0.2, 0) is 0 Å². The molecule has 0 amide bonds. The molecular formula is C25H39N5. The van der Waals surface area contributed by atoms with E-state index >= 15 is 0 Å². The Bertz CT molecular complexity index is 948. The predicted molar refractivity (Wildman–Crippen MR) is 128 cm³/mol. The van der Waals surface area contributed by atoms with Crippen molar-refractivity contribution in [1.82, 2.24) is 9.61 Å². The van der Waals surface area contributed by atoms with Gasteiger partial charge in [-0.15, -0.1) is 0 Å². The van der Waals surface area contributed by atoms with Gasteiger partial charge in [0.15, 0.2) is 0 Å². The SMILES string of the molecule is CC/C(C)=C(\CCN)c1cc2c(N=CC3CCC(C)C3(C)C)c(C(C)N)cnn2c1. The minimum absolute atomic E-state index is 0.125. The third-order valence-corrected chi connectivity index (χ3v) is 7.44. The van der Waals surface area contributed by atoms with Crippen LogP contribution in [0.4, 0.5) is 5.69 Å². The second kappa shape index (κ2) is 9.03. The Balaban J connectivity index is 2.11. The summed E-state index contributed by atoms with van der Waals surface area (Å²) < 4.78 is 1.94. The van der Waals surface area contributed by atoms with Crippen molar-refractivity contribution in [3.63, 3.8) is 0 Å². The van der Waals surface area contributed by atoms with E-state index < -0.39 is 0 Å². The molecule has 1 fully saturated rings. The minimum Gasteiger partial charge on any atom is -0.330 e. The Morgan fingerprint density at radius 3 is 2.70 bits per heavy atom. The van der Waals surface area contributed by atoms with Crippen LogP contribution >= 0.6 is 0 Å². The van der Waals surface area contributed by atoms with Gasteiger partial charge in [-0.25, -0.2) is 4.52 Å². The fraction of sp³-hybridized carbons (Fsp3) is 0.600. The number of fused-ring (bicyclic) bond motifs is 1. The fourth-order valence-electron chi connectivity index (χ4n) is 4.63. The van der Waals surface area contributed by atoms with Crippen molar-refractivity contribution in [1.29, 1.82) is 0 Å². The molecular weight excluding hydrogens is 370 g/mol. The van der Waals surface area contributed by atoms with Crippen molar-refractivity contribution in [2.45, 2.75) is 73.3 Å². The molecule has 164 valence electrons. The van der Waals surface area contributed by atoms with Gasteiger partial charge in [0.05, 0.1) is 17.4 Å². The third kappa shape index (κ3) is 4.23. The number of hydrogen-bond acceptors (Lipinski definition) is 4. The molecule has 3 atom stereocenters. The van der Waals surface area contributed by atoms with Gasteiger partial charge in [-0.3, -0.25) is 4.99 Å². The molecule has 0 radical (unpaired) electrons. The monoisotopic (exact) mass is 409 g/mol. The van der Waals surface area contributed by atoms with Gasteiger partial charge in [0.25, 0.3) is 0 Å². The molecule has 0 saturated heterocycles. The summed E-state index contributed by atoms with van der Waals surface area (Å²) in [6.07, 6.45) is 10.5. The number of allylic oxidation sites excluding steroid dienone is 1. The van der Waals surface area contributed by atoms with E-state index in [1.54, 1.807) is 0 Å². The molecule has 0 bridgehead atoms. The van der Waals surface area contributed by atoms with Crippen molar-refractivity contribution in [2.75, 3.05) is 6.54 Å². The molecule has 3 unspecified atom stereocenters. The second-order valence-electron chi connectivity index (χ2n) is 9.63. The number of nitrogens with zero attached hydrogens (tertiary/aromatic N) is 3. The second-order valence-corrected chi connectivity index (χ2v) is 9.63. The average Bonchev–Trinajstić information content (AvgIpc) is 3.24. The van der Waals surface area contributed by atoms with E-state index in [1.165, 1.54) is 29.6 Å². The van der Waals surface area contributed by atoms with Crippen LogP contribution in [0.5, 0.6) is 0 Å². The number of nitrogens with two attached hydrogens (primary N) is 2. The zero-order chi connectivity index (χ0) is 22.1. The number of aliphatic imine (C=N–C) groups is 1. The molecule has 0 aliphatic heterocycles. The molecule has 0 spiro atoms. The van der Waals surface area contributed by atoms with Crippen LogP contribution in [0, 0.1) is 17.3 Å². The van der Waals surface area contributed by atoms with E-state index in [9.17, 15) is 0 Å². The van der Waals surface area contributed by atoms with Gasteiger partial charge < -0.3 is 11.5 Å². The lowest BCUT2D eigenvalue weighted by atomic mass is 9.77. The summed E-state index contributed by atoms with van der Waals surface area (Å²) in [6.45, 7) is 14.1. The molecule has 5 heteroatoms. The molecule has 2 aromatic rings. The highest BCUT2D eigenvalue weighted by atomic mass is 15.2. The highest BCUT2D eigenvalue weighted by Crippen LogP contribution is 2.46. The highest BCUT2D eigenvalue weighted by Gasteiger charge is 2.39. The largest absolute Gasteiger partial charge is 0.330 e. The molecule has 3 rings (SSSR count). The van der Waals surface area contributed by atoms with Gasteiger partial charge >= 0.3 is 0 Å². The van der Waals surface area contributed by atoms with Crippen LogP contribution in [0.3, 0.4) is 0 Å². The first-order valence-electron chi connectivity index (χ1n) is 11.4. The van der Waals surface area contributed by atoms with E-state index in [2.05, 4.69) is 58.2 Å². The quantitative estimate of drug-likeness (QED) is 0.579. The first-order valence-corrected chi connectivity index (χ1v) is 11.4. The van der Waals surface area contributed by atoms with Gasteiger partial charge in [0.2, 0.25) is 0 Å². The summed E-state index contributed by atoms with van der Waals surface area (Å²) in [5, 5.41) is 4.64. The van der Waals surface area contributed by atoms with E-state index in [0.29, 0.717) is 18.4 Å². The van der Waals surface area contributed by atoms with Crippen LogP contribution in [0.25, 0.3) is 11.1 Å². The Morgan fingerprint density at radius 2 is 2.13 bits per heavy atom. The molecule has 2 aromatic heterocycles. The highest BCUT2D eigenvalue weighted by molar-refractivity contribution is 5.82. The van der Waals surface area contributed by atoms with E-state index in [0.717, 1.165) is 29.6 Å². The van der Waals surface area contributed by atoms with Crippen LogP contribution < -0.4 is 11.5 Å². The summed E-state index contributed by atoms with van der Waals surface area (Å²) >= 11 is 0. The molecule has 30 heavy (non-hydrogen) atoms. The summed E-state index contributed by atoms with van der Waals surface area (Å²) in [5.41, 5.74) is 19.3. The van der Waals surface area contributed by atoms with Crippen molar-refractivity contribution in [3.8, 4) is 0 Å². The average molecular weight is 410 g/mol. The normalized spacial score (nSPS) is 23.3. The predicted octanol–water partition coefficient (Wildman–Crippen LogP) is 5.66. The maximum absolute atomic E-state index is 6.30. The van der Waals surface area contributed by atoms with Crippen molar-refractivity contribution in [2.24, 2.45) is 33.7 Å². The zero-order valence-corrected chi connectivity index (χ0v) is 19.6. The van der Waals surface area contributed by atoms with Crippen LogP contribution in [0.15, 0.2) is 29.0 Å². The van der Waals surface area contributed by atoms with Gasteiger partial charge in [-0.05, 0) is 80.5 Å². The van der Waals surface area contributed by atoms with Crippen molar-refractivity contribution in [3.05, 3.63) is 35.2 Å². The van der Waals surface area contributed by atoms with Crippen molar-refractivity contribution >= 4 is 23.0 Å². The first-order chi connectivity index (χ1) is 14.2. The lowest BCUT2D eigenvalue weighted by molar-refractivity contribution is 0.247. The minimum atomic E-state index is -0.125. The lowest BCUT2D eigenvalue weighted by Crippen LogP contribution is -2.24. The standard InChI is InChI=1S/C25H39N5/c1-7-16(2)21(10-11-26)19-12-23-24(22(18(4)27)14-29-30(23)15-19)28-13-20-9-8-17(3)25(20,5)6/h12-15,17-18,20H,7-11,26-27H2,1-6H3/b21-16+,28-13?. The maximum atomic E-state index is 6.30. The van der Waals surface area contributed by atoms with E-state index in [-0.39, 0.29) is 11.5 Å². The van der Waals surface area contributed by atoms with Gasteiger partial charge in [0.1, 0.15) is 0 Å². The molecule has 1 saturated carbocycles. The molecule has 4 N–H and O–H groups in total. The summed E-state index contributed by atoms with van der Waals surface area (Å²) in [7, 11) is 0. The molecule has 1 aliphatic rings. The Labute approximate surface area is 181 Å². The van der Waals surface area contributed by atoms with Gasteiger partial charge in [0, 0.05) is 24.0 Å². The summed E-state index contributed by atoms with van der Waals surface area (Å²) in [4.78, 5) is 5.04. The van der Waals surface area contributed by atoms with Gasteiger partial charge in [-0.2, -0.15) is 5.10 Å². The van der Waals surface area contributed by atoms with Crippen LogP contribution in [0.1, 0.15) is 84.4 Å². The summed E-state index contributed by atoms with van der Waals surface area (Å²) in [5.74, 6) is 1.19. The number of hydrogen-bond donors (Lipinski definition) is 2. The first kappa shape index (κ1) is 22.7. The number of rotatable bonds is 7. The molecule has 1 aliphatic carbocycles. The molecule has 2 heterocycles. The van der Waals surface area contributed by atoms with Crippen LogP contribution in [-0.4, -0.2) is 22.4 Å². The fourth-order valence-corrected chi connectivity index (χ4v) is 4.63. The Hall–Kier alpha value is -1.98. The maximum Gasteiger partial charge on any atom is 0.0946 e.